The van der Waals surface area contributed by atoms with Crippen molar-refractivity contribution in [2.45, 2.75) is 49.6 Å². The number of aryl methyl sites for hydroxylation is 1. The molecule has 35 heavy (non-hydrogen) atoms. The standard InChI is InChI=1S/C21H25F2N7O3S2/c1-11-25-16-14(17(26-11)19-27-28-20(34-19)18(22)23)7-13(35(32,33)29-21(2)3-4-21)8-15(16)30-6-5-24-9-12(30)10-31/h7-8,12,18,24,29,31H,3-6,9-10H2,1-2H3/t12-/m0/s1. The van der Waals surface area contributed by atoms with Gasteiger partial charge in [0.1, 0.15) is 11.5 Å². The molecule has 0 unspecified atom stereocenters. The van der Waals surface area contributed by atoms with Crippen molar-refractivity contribution < 1.29 is 22.3 Å². The first-order valence-electron chi connectivity index (χ1n) is 11.2. The number of hydrogen-bond donors (Lipinski definition) is 3. The van der Waals surface area contributed by atoms with Gasteiger partial charge in [0.15, 0.2) is 10.0 Å². The molecule has 10 nitrogen and oxygen atoms in total. The van der Waals surface area contributed by atoms with E-state index in [-0.39, 0.29) is 28.2 Å². The minimum absolute atomic E-state index is 0.00986. The van der Waals surface area contributed by atoms with Crippen LogP contribution < -0.4 is 14.9 Å². The summed E-state index contributed by atoms with van der Waals surface area (Å²) in [6.07, 6.45) is -1.30. The van der Waals surface area contributed by atoms with Crippen LogP contribution in [-0.2, 0) is 10.0 Å². The largest absolute Gasteiger partial charge is 0.394 e. The SMILES string of the molecule is Cc1nc(-c2nnc(C(F)F)s2)c2cc(S(=O)(=O)NC3(C)CC3)cc(N3CCNC[C@H]3CO)c2n1. The number of sulfonamides is 1. The molecule has 0 bridgehead atoms. The smallest absolute Gasteiger partial charge is 0.291 e. The van der Waals surface area contributed by atoms with Gasteiger partial charge in [0.2, 0.25) is 10.0 Å². The fourth-order valence-corrected chi connectivity index (χ4v) is 6.38. The summed E-state index contributed by atoms with van der Waals surface area (Å²) >= 11 is 0.706. The lowest BCUT2D eigenvalue weighted by Gasteiger charge is -2.37. The molecule has 1 saturated carbocycles. The Morgan fingerprint density at radius 1 is 1.31 bits per heavy atom. The van der Waals surface area contributed by atoms with Crippen LogP contribution in [0.1, 0.15) is 37.0 Å². The maximum Gasteiger partial charge on any atom is 0.291 e. The van der Waals surface area contributed by atoms with E-state index >= 15 is 0 Å². The number of alkyl halides is 2. The molecule has 2 aliphatic rings. The average molecular weight is 526 g/mol. The summed E-state index contributed by atoms with van der Waals surface area (Å²) in [5, 5.41) is 20.8. The lowest BCUT2D eigenvalue weighted by Crippen LogP contribution is -2.53. The predicted octanol–water partition coefficient (Wildman–Crippen LogP) is 2.00. The number of aliphatic hydroxyl groups is 1. The summed E-state index contributed by atoms with van der Waals surface area (Å²) in [6.45, 7) is 5.03. The number of halogens is 2. The van der Waals surface area contributed by atoms with E-state index in [4.69, 9.17) is 0 Å². The zero-order chi connectivity index (χ0) is 25.0. The molecule has 1 aliphatic heterocycles. The third-order valence-corrected chi connectivity index (χ3v) is 8.81. The minimum Gasteiger partial charge on any atom is -0.394 e. The lowest BCUT2D eigenvalue weighted by atomic mass is 10.1. The summed E-state index contributed by atoms with van der Waals surface area (Å²) in [5.74, 6) is 0.373. The van der Waals surface area contributed by atoms with Crippen LogP contribution in [0.4, 0.5) is 14.5 Å². The van der Waals surface area contributed by atoms with Crippen LogP contribution in [0.15, 0.2) is 17.0 Å². The number of aromatic nitrogens is 4. The third kappa shape index (κ3) is 4.72. The van der Waals surface area contributed by atoms with Gasteiger partial charge in [0.05, 0.1) is 28.7 Å². The zero-order valence-electron chi connectivity index (χ0n) is 19.1. The van der Waals surface area contributed by atoms with Gasteiger partial charge in [-0.2, -0.15) is 0 Å². The van der Waals surface area contributed by atoms with E-state index in [1.54, 1.807) is 13.0 Å². The van der Waals surface area contributed by atoms with Crippen molar-refractivity contribution in [1.82, 2.24) is 30.2 Å². The highest BCUT2D eigenvalue weighted by molar-refractivity contribution is 7.89. The minimum atomic E-state index is -3.91. The van der Waals surface area contributed by atoms with E-state index < -0.39 is 27.0 Å². The molecule has 0 amide bonds. The topological polar surface area (TPSA) is 133 Å². The number of piperazine rings is 1. The van der Waals surface area contributed by atoms with Crippen molar-refractivity contribution in [3.63, 3.8) is 0 Å². The molecule has 3 N–H and O–H groups in total. The molecule has 1 aromatic carbocycles. The molecule has 1 atom stereocenters. The molecular weight excluding hydrogens is 500 g/mol. The molecule has 2 fully saturated rings. The predicted molar refractivity (Wildman–Crippen MR) is 127 cm³/mol. The summed E-state index contributed by atoms with van der Waals surface area (Å²) < 4.78 is 55.9. The van der Waals surface area contributed by atoms with Crippen molar-refractivity contribution in [2.75, 3.05) is 31.1 Å². The lowest BCUT2D eigenvalue weighted by molar-refractivity contribution is 0.150. The Balaban J connectivity index is 1.76. The van der Waals surface area contributed by atoms with E-state index in [2.05, 4.69) is 30.2 Å². The van der Waals surface area contributed by atoms with Gasteiger partial charge in [0.25, 0.3) is 6.43 Å². The van der Waals surface area contributed by atoms with E-state index in [0.717, 1.165) is 12.8 Å². The molecule has 14 heteroatoms. The first-order chi connectivity index (χ1) is 16.6. The van der Waals surface area contributed by atoms with Crippen LogP contribution in [0.3, 0.4) is 0 Å². The second-order valence-electron chi connectivity index (χ2n) is 9.10. The Morgan fingerprint density at radius 3 is 2.74 bits per heavy atom. The molecule has 1 aliphatic carbocycles. The second kappa shape index (κ2) is 8.92. The molecule has 0 spiro atoms. The number of aliphatic hydroxyl groups excluding tert-OH is 1. The monoisotopic (exact) mass is 525 g/mol. The summed E-state index contributed by atoms with van der Waals surface area (Å²) in [5.41, 5.74) is 0.728. The van der Waals surface area contributed by atoms with E-state index in [0.29, 0.717) is 53.4 Å². The van der Waals surface area contributed by atoms with Crippen molar-refractivity contribution in [2.24, 2.45) is 0 Å². The van der Waals surface area contributed by atoms with Crippen molar-refractivity contribution in [1.29, 1.82) is 0 Å². The summed E-state index contributed by atoms with van der Waals surface area (Å²) in [4.78, 5) is 11.0. The van der Waals surface area contributed by atoms with Crippen LogP contribution in [0.5, 0.6) is 0 Å². The molecule has 2 aromatic heterocycles. The number of nitrogens with zero attached hydrogens (tertiary/aromatic N) is 5. The highest BCUT2D eigenvalue weighted by Gasteiger charge is 2.41. The third-order valence-electron chi connectivity index (χ3n) is 6.26. The first kappa shape index (κ1) is 24.3. The number of benzene rings is 1. The Hall–Kier alpha value is -2.39. The van der Waals surface area contributed by atoms with Gasteiger partial charge in [-0.15, -0.1) is 10.2 Å². The number of anilines is 1. The number of rotatable bonds is 7. The quantitative estimate of drug-likeness (QED) is 0.423. The fourth-order valence-electron chi connectivity index (χ4n) is 4.17. The van der Waals surface area contributed by atoms with Crippen LogP contribution in [0.25, 0.3) is 21.6 Å². The van der Waals surface area contributed by atoms with Gasteiger partial charge in [-0.3, -0.25) is 0 Å². The van der Waals surface area contributed by atoms with Crippen LogP contribution >= 0.6 is 11.3 Å². The van der Waals surface area contributed by atoms with Gasteiger partial charge in [-0.1, -0.05) is 11.3 Å². The fraction of sp³-hybridized carbons (Fsp3) is 0.524. The normalized spacial score (nSPS) is 20.1. The highest BCUT2D eigenvalue weighted by Crippen LogP contribution is 2.40. The molecule has 188 valence electrons. The van der Waals surface area contributed by atoms with Crippen LogP contribution in [0, 0.1) is 6.92 Å². The zero-order valence-corrected chi connectivity index (χ0v) is 20.8. The van der Waals surface area contributed by atoms with Gasteiger partial charge >= 0.3 is 0 Å². The Labute approximate surface area is 204 Å². The van der Waals surface area contributed by atoms with Crippen LogP contribution in [-0.4, -0.2) is 71.5 Å². The maximum absolute atomic E-state index is 13.4. The molecule has 5 rings (SSSR count). The van der Waals surface area contributed by atoms with Gasteiger partial charge in [-0.05, 0) is 38.8 Å². The Kier molecular flexibility index (Phi) is 6.20. The summed E-state index contributed by atoms with van der Waals surface area (Å²) in [6, 6.07) is 2.72. The summed E-state index contributed by atoms with van der Waals surface area (Å²) in [7, 11) is -3.91. The number of fused-ring (bicyclic) bond motifs is 1. The first-order valence-corrected chi connectivity index (χ1v) is 13.5. The van der Waals surface area contributed by atoms with Gasteiger partial charge in [0, 0.05) is 30.6 Å². The molecule has 3 aromatic rings. The number of nitrogens with one attached hydrogen (secondary N) is 2. The van der Waals surface area contributed by atoms with Crippen molar-refractivity contribution >= 4 is 38.0 Å². The molecule has 1 saturated heterocycles. The molecule has 3 heterocycles. The average Bonchev–Trinajstić information content (AvgIpc) is 3.32. The molecule has 0 radical (unpaired) electrons. The van der Waals surface area contributed by atoms with Gasteiger partial charge < -0.3 is 15.3 Å². The number of hydrogen-bond acceptors (Lipinski definition) is 10. The van der Waals surface area contributed by atoms with Crippen molar-refractivity contribution in [3.05, 3.63) is 23.0 Å². The Morgan fingerprint density at radius 2 is 2.09 bits per heavy atom. The van der Waals surface area contributed by atoms with Crippen LogP contribution in [0.2, 0.25) is 0 Å². The van der Waals surface area contributed by atoms with Gasteiger partial charge in [-0.25, -0.2) is 31.9 Å². The van der Waals surface area contributed by atoms with E-state index in [9.17, 15) is 22.3 Å². The molecular formula is C21H25F2N7O3S2. The second-order valence-corrected chi connectivity index (χ2v) is 11.8. The Bertz CT molecular complexity index is 1380. The highest BCUT2D eigenvalue weighted by atomic mass is 32.2. The van der Waals surface area contributed by atoms with E-state index in [1.165, 1.54) is 6.07 Å². The van der Waals surface area contributed by atoms with Crippen molar-refractivity contribution in [3.8, 4) is 10.7 Å². The van der Waals surface area contributed by atoms with E-state index in [1.807, 2.05) is 11.8 Å². The maximum atomic E-state index is 13.4.